The van der Waals surface area contributed by atoms with Crippen molar-refractivity contribution in [1.82, 2.24) is 14.3 Å². The van der Waals surface area contributed by atoms with Gasteiger partial charge in [0.05, 0.1) is 11.1 Å². The molecule has 2 aromatic carbocycles. The van der Waals surface area contributed by atoms with E-state index in [9.17, 15) is 14.3 Å². The molecule has 0 radical (unpaired) electrons. The molecule has 0 aliphatic carbocycles. The Morgan fingerprint density at radius 1 is 1.13 bits per heavy atom. The van der Waals surface area contributed by atoms with E-state index in [1.54, 1.807) is 35.0 Å². The zero-order valence-corrected chi connectivity index (χ0v) is 12.2. The summed E-state index contributed by atoms with van der Waals surface area (Å²) in [5.41, 5.74) is 2.53. The molecule has 0 aliphatic rings. The molecular weight excluding hydrogens is 297 g/mol. The molecular formula is C17H12FN3O2. The van der Waals surface area contributed by atoms with Crippen LogP contribution in [0.1, 0.15) is 10.4 Å². The molecule has 0 saturated heterocycles. The zero-order valence-electron chi connectivity index (χ0n) is 12.2. The van der Waals surface area contributed by atoms with Crippen molar-refractivity contribution in [3.05, 3.63) is 60.0 Å². The first-order chi connectivity index (χ1) is 11.0. The minimum absolute atomic E-state index is 0.222. The predicted molar refractivity (Wildman–Crippen MR) is 84.5 cm³/mol. The fourth-order valence-corrected chi connectivity index (χ4v) is 2.88. The van der Waals surface area contributed by atoms with Crippen LogP contribution in [0.3, 0.4) is 0 Å². The van der Waals surface area contributed by atoms with Crippen molar-refractivity contribution in [2.24, 2.45) is 7.05 Å². The number of rotatable bonds is 2. The van der Waals surface area contributed by atoms with Crippen LogP contribution in [0.25, 0.3) is 27.6 Å². The van der Waals surface area contributed by atoms with E-state index in [4.69, 9.17) is 0 Å². The number of aromatic nitrogens is 3. The Hall–Kier alpha value is -3.15. The van der Waals surface area contributed by atoms with Crippen molar-refractivity contribution in [3.63, 3.8) is 0 Å². The molecule has 0 saturated carbocycles. The van der Waals surface area contributed by atoms with Gasteiger partial charge in [-0.2, -0.15) is 5.10 Å². The van der Waals surface area contributed by atoms with E-state index in [1.807, 2.05) is 17.8 Å². The first-order valence-corrected chi connectivity index (χ1v) is 7.01. The van der Waals surface area contributed by atoms with Gasteiger partial charge in [0.2, 0.25) is 0 Å². The second kappa shape index (κ2) is 4.67. The number of halogens is 1. The predicted octanol–water partition coefficient (Wildman–Crippen LogP) is 3.35. The highest BCUT2D eigenvalue weighted by Crippen LogP contribution is 2.31. The molecule has 114 valence electrons. The van der Waals surface area contributed by atoms with Crippen LogP contribution in [-0.2, 0) is 7.05 Å². The first-order valence-electron chi connectivity index (χ1n) is 7.01. The second-order valence-electron chi connectivity index (χ2n) is 5.39. The Bertz CT molecular complexity index is 1060. The number of carboxylic acids is 1. The van der Waals surface area contributed by atoms with Gasteiger partial charge >= 0.3 is 5.97 Å². The second-order valence-corrected chi connectivity index (χ2v) is 5.39. The zero-order chi connectivity index (χ0) is 16.1. The Kier molecular flexibility index (Phi) is 2.74. The molecule has 6 heteroatoms. The summed E-state index contributed by atoms with van der Waals surface area (Å²) in [5, 5.41) is 15.3. The van der Waals surface area contributed by atoms with Crippen LogP contribution in [0.15, 0.2) is 48.7 Å². The van der Waals surface area contributed by atoms with Crippen molar-refractivity contribution < 1.29 is 14.3 Å². The van der Waals surface area contributed by atoms with Crippen molar-refractivity contribution in [2.75, 3.05) is 0 Å². The van der Waals surface area contributed by atoms with Crippen LogP contribution in [0.5, 0.6) is 0 Å². The summed E-state index contributed by atoms with van der Waals surface area (Å²) >= 11 is 0. The monoisotopic (exact) mass is 309 g/mol. The third-order valence-electron chi connectivity index (χ3n) is 3.88. The number of hydrogen-bond donors (Lipinski definition) is 1. The Balaban J connectivity index is 2.12. The standard InChI is InChI=1S/C17H12FN3O2/c1-20-9-14-13-8-10(17(22)23)2-7-15(13)21(16(14)19-20)12-5-3-11(18)4-6-12/h2-9H,1H3,(H,22,23). The maximum atomic E-state index is 13.2. The molecule has 0 bridgehead atoms. The molecule has 2 heterocycles. The first kappa shape index (κ1) is 13.5. The highest BCUT2D eigenvalue weighted by atomic mass is 19.1. The molecule has 0 amide bonds. The minimum atomic E-state index is -0.974. The summed E-state index contributed by atoms with van der Waals surface area (Å²) in [6.07, 6.45) is 1.85. The highest BCUT2D eigenvalue weighted by Gasteiger charge is 2.17. The van der Waals surface area contributed by atoms with Gasteiger partial charge in [0.1, 0.15) is 5.82 Å². The number of carbonyl (C=O) groups is 1. The Labute approximate surface area is 130 Å². The average molecular weight is 309 g/mol. The summed E-state index contributed by atoms with van der Waals surface area (Å²) in [4.78, 5) is 11.2. The topological polar surface area (TPSA) is 60.1 Å². The molecule has 2 aromatic heterocycles. The molecule has 0 fully saturated rings. The van der Waals surface area contributed by atoms with Crippen molar-refractivity contribution in [3.8, 4) is 5.69 Å². The molecule has 4 rings (SSSR count). The van der Waals surface area contributed by atoms with Crippen LogP contribution in [0.4, 0.5) is 4.39 Å². The van der Waals surface area contributed by atoms with E-state index in [-0.39, 0.29) is 11.4 Å². The van der Waals surface area contributed by atoms with E-state index < -0.39 is 5.97 Å². The lowest BCUT2D eigenvalue weighted by Crippen LogP contribution is -1.98. The molecule has 5 nitrogen and oxygen atoms in total. The van der Waals surface area contributed by atoms with E-state index in [2.05, 4.69) is 5.10 Å². The molecule has 23 heavy (non-hydrogen) atoms. The number of fused-ring (bicyclic) bond motifs is 3. The van der Waals surface area contributed by atoms with E-state index >= 15 is 0 Å². The maximum absolute atomic E-state index is 13.2. The molecule has 0 spiro atoms. The lowest BCUT2D eigenvalue weighted by atomic mass is 10.1. The third-order valence-corrected chi connectivity index (χ3v) is 3.88. The van der Waals surface area contributed by atoms with Crippen molar-refractivity contribution >= 4 is 27.9 Å². The van der Waals surface area contributed by atoms with Gasteiger partial charge in [-0.05, 0) is 42.5 Å². The van der Waals surface area contributed by atoms with Crippen LogP contribution in [-0.4, -0.2) is 25.4 Å². The Morgan fingerprint density at radius 2 is 1.87 bits per heavy atom. The summed E-state index contributed by atoms with van der Waals surface area (Å²) in [6, 6.07) is 11.1. The molecule has 4 aromatic rings. The van der Waals surface area contributed by atoms with Crippen molar-refractivity contribution in [1.29, 1.82) is 0 Å². The number of benzene rings is 2. The van der Waals surface area contributed by atoms with Crippen molar-refractivity contribution in [2.45, 2.75) is 0 Å². The molecule has 0 aliphatic heterocycles. The molecule has 0 unspecified atom stereocenters. The Morgan fingerprint density at radius 3 is 2.57 bits per heavy atom. The van der Waals surface area contributed by atoms with Gasteiger partial charge in [-0.25, -0.2) is 9.18 Å². The number of aromatic carboxylic acids is 1. The lowest BCUT2D eigenvalue weighted by Gasteiger charge is -2.06. The van der Waals surface area contributed by atoms with Gasteiger partial charge in [0.15, 0.2) is 5.65 Å². The highest BCUT2D eigenvalue weighted by molar-refractivity contribution is 6.09. The summed E-state index contributed by atoms with van der Waals surface area (Å²) in [7, 11) is 1.81. The molecule has 1 N–H and O–H groups in total. The number of hydrogen-bond acceptors (Lipinski definition) is 2. The van der Waals surface area contributed by atoms with E-state index in [1.165, 1.54) is 12.1 Å². The van der Waals surface area contributed by atoms with Gasteiger partial charge < -0.3 is 5.11 Å². The fraction of sp³-hybridized carbons (Fsp3) is 0.0588. The maximum Gasteiger partial charge on any atom is 0.335 e. The van der Waals surface area contributed by atoms with Gasteiger partial charge in [-0.1, -0.05) is 0 Å². The average Bonchev–Trinajstić information content (AvgIpc) is 3.03. The number of aryl methyl sites for hydroxylation is 1. The largest absolute Gasteiger partial charge is 0.478 e. The summed E-state index contributed by atoms with van der Waals surface area (Å²) in [6.45, 7) is 0. The normalized spacial score (nSPS) is 11.4. The summed E-state index contributed by atoms with van der Waals surface area (Å²) < 4.78 is 16.8. The van der Waals surface area contributed by atoms with Crippen LogP contribution in [0.2, 0.25) is 0 Å². The number of nitrogens with zero attached hydrogens (tertiary/aromatic N) is 3. The van der Waals surface area contributed by atoms with Gasteiger partial charge in [0, 0.05) is 29.7 Å². The van der Waals surface area contributed by atoms with Gasteiger partial charge in [-0.15, -0.1) is 0 Å². The smallest absolute Gasteiger partial charge is 0.335 e. The fourth-order valence-electron chi connectivity index (χ4n) is 2.88. The van der Waals surface area contributed by atoms with Crippen LogP contribution in [0, 0.1) is 5.82 Å². The lowest BCUT2D eigenvalue weighted by molar-refractivity contribution is 0.0697. The van der Waals surface area contributed by atoms with Gasteiger partial charge in [0.25, 0.3) is 0 Å². The summed E-state index contributed by atoms with van der Waals surface area (Å²) in [5.74, 6) is -1.28. The van der Waals surface area contributed by atoms with E-state index in [0.29, 0.717) is 5.65 Å². The third kappa shape index (κ3) is 1.99. The minimum Gasteiger partial charge on any atom is -0.478 e. The number of carboxylic acid groups (broad SMARTS) is 1. The SMILES string of the molecule is Cn1cc2c3cc(C(=O)O)ccc3n(-c3ccc(F)cc3)c2n1. The molecule has 0 atom stereocenters. The quantitative estimate of drug-likeness (QED) is 0.617. The van der Waals surface area contributed by atoms with E-state index in [0.717, 1.165) is 22.0 Å². The van der Waals surface area contributed by atoms with Gasteiger partial charge in [-0.3, -0.25) is 9.25 Å². The van der Waals surface area contributed by atoms with Crippen LogP contribution < -0.4 is 0 Å². The van der Waals surface area contributed by atoms with Crippen LogP contribution >= 0.6 is 0 Å².